The fourth-order valence-electron chi connectivity index (χ4n) is 3.36. The Bertz CT molecular complexity index is 1140. The van der Waals surface area contributed by atoms with Crippen molar-refractivity contribution in [2.45, 2.75) is 12.8 Å². The predicted molar refractivity (Wildman–Crippen MR) is 105 cm³/mol. The Balaban J connectivity index is 1.98. The molecular formula is C20H15BrN4O3. The van der Waals surface area contributed by atoms with Gasteiger partial charge in [0, 0.05) is 0 Å². The first-order chi connectivity index (χ1) is 13.4. The van der Waals surface area contributed by atoms with Crippen molar-refractivity contribution in [3.63, 3.8) is 0 Å². The molecule has 0 fully saturated rings. The molecule has 0 bridgehead atoms. The lowest BCUT2D eigenvalue weighted by Crippen LogP contribution is -2.22. The van der Waals surface area contributed by atoms with E-state index in [1.54, 1.807) is 10.7 Å². The van der Waals surface area contributed by atoms with Crippen molar-refractivity contribution >= 4 is 15.9 Å². The van der Waals surface area contributed by atoms with Crippen LogP contribution in [0, 0.1) is 18.3 Å². The standard InChI is InChI=1S/C20H15BrN4O3/c1-10-16-17(11-7-14(21)18(27)15(26)8-11)13(9-22)19(23)28-20(16)25(24-10)12-5-3-2-4-6-12/h2-8,17,26-27H,23H2,1H3/t17-/m0/s1. The van der Waals surface area contributed by atoms with Crippen molar-refractivity contribution in [1.82, 2.24) is 9.78 Å². The number of phenols is 2. The summed E-state index contributed by atoms with van der Waals surface area (Å²) in [6.07, 6.45) is 0. The van der Waals surface area contributed by atoms with Crippen LogP contribution in [0.5, 0.6) is 17.4 Å². The van der Waals surface area contributed by atoms with Gasteiger partial charge < -0.3 is 20.7 Å². The first-order valence-corrected chi connectivity index (χ1v) is 9.15. The maximum Gasteiger partial charge on any atom is 0.229 e. The normalized spacial score (nSPS) is 15.7. The average Bonchev–Trinajstić information content (AvgIpc) is 3.01. The Morgan fingerprint density at radius 2 is 1.96 bits per heavy atom. The first kappa shape index (κ1) is 17.9. The number of aromatic hydroxyl groups is 2. The molecule has 0 saturated carbocycles. The summed E-state index contributed by atoms with van der Waals surface area (Å²) in [5.41, 5.74) is 8.96. The van der Waals surface area contributed by atoms with Gasteiger partial charge >= 0.3 is 0 Å². The fourth-order valence-corrected chi connectivity index (χ4v) is 3.83. The van der Waals surface area contributed by atoms with E-state index in [0.29, 0.717) is 27.2 Å². The van der Waals surface area contributed by atoms with Crippen molar-refractivity contribution < 1.29 is 14.9 Å². The van der Waals surface area contributed by atoms with Crippen LogP contribution in [0.25, 0.3) is 5.69 Å². The topological polar surface area (TPSA) is 117 Å². The molecule has 1 aromatic heterocycles. The third kappa shape index (κ3) is 2.68. The molecule has 1 aliphatic rings. The quantitative estimate of drug-likeness (QED) is 0.526. The van der Waals surface area contributed by atoms with E-state index in [9.17, 15) is 15.5 Å². The second-order valence-corrected chi connectivity index (χ2v) is 7.20. The van der Waals surface area contributed by atoms with E-state index in [4.69, 9.17) is 10.5 Å². The number of phenolic OH excluding ortho intramolecular Hbond substituents is 2. The zero-order valence-corrected chi connectivity index (χ0v) is 16.3. The van der Waals surface area contributed by atoms with Crippen molar-refractivity contribution in [2.24, 2.45) is 5.73 Å². The minimum atomic E-state index is -0.603. The highest BCUT2D eigenvalue weighted by Gasteiger charge is 2.36. The Labute approximate surface area is 169 Å². The van der Waals surface area contributed by atoms with Crippen LogP contribution in [0.1, 0.15) is 22.7 Å². The number of hydrogen-bond donors (Lipinski definition) is 3. The number of rotatable bonds is 2. The van der Waals surface area contributed by atoms with Crippen molar-refractivity contribution in [2.75, 3.05) is 0 Å². The number of aromatic nitrogens is 2. The van der Waals surface area contributed by atoms with Gasteiger partial charge in [-0.3, -0.25) is 0 Å². The van der Waals surface area contributed by atoms with E-state index in [1.807, 2.05) is 37.3 Å². The van der Waals surface area contributed by atoms with Crippen LogP contribution in [0.3, 0.4) is 0 Å². The van der Waals surface area contributed by atoms with Crippen LogP contribution in [0.4, 0.5) is 0 Å². The Hall–Kier alpha value is -3.44. The molecule has 140 valence electrons. The lowest BCUT2D eigenvalue weighted by atomic mass is 9.84. The molecule has 0 radical (unpaired) electrons. The van der Waals surface area contributed by atoms with Gasteiger partial charge in [-0.15, -0.1) is 0 Å². The highest BCUT2D eigenvalue weighted by atomic mass is 79.9. The highest BCUT2D eigenvalue weighted by Crippen LogP contribution is 2.47. The van der Waals surface area contributed by atoms with Crippen LogP contribution < -0.4 is 10.5 Å². The zero-order valence-electron chi connectivity index (χ0n) is 14.7. The zero-order chi connectivity index (χ0) is 20.0. The maximum absolute atomic E-state index is 10.1. The molecule has 0 unspecified atom stereocenters. The Kier molecular flexibility index (Phi) is 4.24. The van der Waals surface area contributed by atoms with E-state index in [2.05, 4.69) is 27.1 Å². The van der Waals surface area contributed by atoms with Crippen LogP contribution in [-0.2, 0) is 0 Å². The summed E-state index contributed by atoms with van der Waals surface area (Å²) in [5.74, 6) is -0.798. The number of nitriles is 1. The van der Waals surface area contributed by atoms with Gasteiger partial charge in [0.2, 0.25) is 11.8 Å². The van der Waals surface area contributed by atoms with Crippen molar-refractivity contribution in [3.05, 3.63) is 75.2 Å². The summed E-state index contributed by atoms with van der Waals surface area (Å²) < 4.78 is 7.73. The minimum Gasteiger partial charge on any atom is -0.504 e. The average molecular weight is 439 g/mol. The number of nitrogens with zero attached hydrogens (tertiary/aromatic N) is 3. The number of para-hydroxylation sites is 1. The molecule has 8 heteroatoms. The number of nitrogens with two attached hydrogens (primary N) is 1. The van der Waals surface area contributed by atoms with Gasteiger partial charge in [-0.1, -0.05) is 18.2 Å². The van der Waals surface area contributed by atoms with Gasteiger partial charge in [-0.25, -0.2) is 4.68 Å². The summed E-state index contributed by atoms with van der Waals surface area (Å²) in [6, 6.07) is 14.6. The van der Waals surface area contributed by atoms with Crippen LogP contribution >= 0.6 is 15.9 Å². The number of aryl methyl sites for hydroxylation is 1. The van der Waals surface area contributed by atoms with Crippen LogP contribution in [0.2, 0.25) is 0 Å². The highest BCUT2D eigenvalue weighted by molar-refractivity contribution is 9.10. The number of fused-ring (bicyclic) bond motifs is 1. The SMILES string of the molecule is Cc1nn(-c2ccccc2)c2c1[C@@H](c1cc(O)c(O)c(Br)c1)C(C#N)=C(N)O2. The third-order valence-electron chi connectivity index (χ3n) is 4.63. The number of hydrogen-bond acceptors (Lipinski definition) is 6. The minimum absolute atomic E-state index is 0.0271. The van der Waals surface area contributed by atoms with Gasteiger partial charge in [0.05, 0.1) is 27.3 Å². The Morgan fingerprint density at radius 3 is 2.61 bits per heavy atom. The summed E-state index contributed by atoms with van der Waals surface area (Å²) in [4.78, 5) is 0. The molecule has 4 rings (SSSR count). The van der Waals surface area contributed by atoms with Gasteiger partial charge in [-0.2, -0.15) is 10.4 Å². The summed E-state index contributed by atoms with van der Waals surface area (Å²) in [6.45, 7) is 1.82. The van der Waals surface area contributed by atoms with E-state index < -0.39 is 5.92 Å². The molecular weight excluding hydrogens is 424 g/mol. The van der Waals surface area contributed by atoms with Crippen molar-refractivity contribution in [3.8, 4) is 29.1 Å². The van der Waals surface area contributed by atoms with E-state index in [0.717, 1.165) is 5.69 Å². The largest absolute Gasteiger partial charge is 0.504 e. The monoisotopic (exact) mass is 438 g/mol. The number of allylic oxidation sites excluding steroid dienone is 1. The van der Waals surface area contributed by atoms with E-state index in [-0.39, 0.29) is 23.0 Å². The van der Waals surface area contributed by atoms with Gasteiger partial charge in [0.15, 0.2) is 11.5 Å². The van der Waals surface area contributed by atoms with E-state index in [1.165, 1.54) is 6.07 Å². The fraction of sp³-hybridized carbons (Fsp3) is 0.100. The molecule has 1 aliphatic heterocycles. The molecule has 3 aromatic rings. The lowest BCUT2D eigenvalue weighted by Gasteiger charge is -2.25. The predicted octanol–water partition coefficient (Wildman–Crippen LogP) is 3.57. The molecule has 7 nitrogen and oxygen atoms in total. The second kappa shape index (κ2) is 6.62. The molecule has 2 heterocycles. The molecule has 0 amide bonds. The van der Waals surface area contributed by atoms with Crippen LogP contribution in [-0.4, -0.2) is 20.0 Å². The van der Waals surface area contributed by atoms with Gasteiger partial charge in [-0.05, 0) is 52.7 Å². The summed E-state index contributed by atoms with van der Waals surface area (Å²) in [5, 5.41) is 34.2. The first-order valence-electron chi connectivity index (χ1n) is 8.36. The lowest BCUT2D eigenvalue weighted by molar-refractivity contribution is 0.366. The number of ether oxygens (including phenoxy) is 1. The molecule has 0 spiro atoms. The van der Waals surface area contributed by atoms with E-state index >= 15 is 0 Å². The molecule has 4 N–H and O–H groups in total. The molecule has 28 heavy (non-hydrogen) atoms. The molecule has 0 aliphatic carbocycles. The Morgan fingerprint density at radius 1 is 1.25 bits per heavy atom. The van der Waals surface area contributed by atoms with Gasteiger partial charge in [0.25, 0.3) is 0 Å². The third-order valence-corrected chi connectivity index (χ3v) is 5.24. The summed E-state index contributed by atoms with van der Waals surface area (Å²) in [7, 11) is 0. The number of benzene rings is 2. The van der Waals surface area contributed by atoms with Crippen LogP contribution in [0.15, 0.2) is 58.4 Å². The smallest absolute Gasteiger partial charge is 0.229 e. The molecule has 0 saturated heterocycles. The molecule has 2 aromatic carbocycles. The molecule has 1 atom stereocenters. The maximum atomic E-state index is 10.1. The number of halogens is 1. The van der Waals surface area contributed by atoms with Crippen molar-refractivity contribution in [1.29, 1.82) is 5.26 Å². The second-order valence-electron chi connectivity index (χ2n) is 6.35. The van der Waals surface area contributed by atoms with Gasteiger partial charge in [0.1, 0.15) is 11.6 Å². The summed E-state index contributed by atoms with van der Waals surface area (Å²) >= 11 is 3.23.